The highest BCUT2D eigenvalue weighted by Gasteiger charge is 2.85. The van der Waals surface area contributed by atoms with E-state index in [1.54, 1.807) is 6.92 Å². The molecule has 3 saturated carbocycles. The van der Waals surface area contributed by atoms with Crippen LogP contribution >= 0.6 is 15.9 Å². The normalized spacial score (nSPS) is 72.1. The van der Waals surface area contributed by atoms with Gasteiger partial charge < -0.3 is 9.47 Å². The Morgan fingerprint density at radius 2 is 2.19 bits per heavy atom. The number of hydrogen-bond donors (Lipinski definition) is 0. The third-order valence-corrected chi connectivity index (χ3v) is 6.98. The molecule has 5 rings (SSSR count). The van der Waals surface area contributed by atoms with Gasteiger partial charge in [-0.25, -0.2) is 0 Å². The molecule has 4 heteroatoms. The monoisotopic (exact) mass is 284 g/mol. The van der Waals surface area contributed by atoms with Gasteiger partial charge in [-0.1, -0.05) is 15.9 Å². The lowest BCUT2D eigenvalue weighted by Crippen LogP contribution is -2.43. The number of rotatable bonds is 1. The van der Waals surface area contributed by atoms with Crippen molar-refractivity contribution in [2.24, 2.45) is 23.7 Å². The lowest BCUT2D eigenvalue weighted by atomic mass is 9.75. The smallest absolute Gasteiger partial charge is 0.164 e. The predicted octanol–water partition coefficient (Wildman–Crippen LogP) is 1.14. The second kappa shape index (κ2) is 2.29. The number of carbonyl (C=O) groups is 1. The van der Waals surface area contributed by atoms with Crippen molar-refractivity contribution in [1.82, 2.24) is 0 Å². The summed E-state index contributed by atoms with van der Waals surface area (Å²) in [6.07, 6.45) is 1.94. The third kappa shape index (κ3) is 0.644. The van der Waals surface area contributed by atoms with Crippen LogP contribution in [0.4, 0.5) is 0 Å². The van der Waals surface area contributed by atoms with Crippen molar-refractivity contribution in [2.75, 3.05) is 0 Å². The maximum Gasteiger partial charge on any atom is 0.164 e. The van der Waals surface area contributed by atoms with E-state index < -0.39 is 5.60 Å². The van der Waals surface area contributed by atoms with Gasteiger partial charge in [-0.2, -0.15) is 0 Å². The van der Waals surface area contributed by atoms with Gasteiger partial charge in [-0.05, 0) is 31.1 Å². The molecule has 0 N–H and O–H groups in total. The highest BCUT2D eigenvalue weighted by Crippen LogP contribution is 2.74. The number of epoxide rings is 1. The molecule has 2 heterocycles. The largest absolute Gasteiger partial charge is 0.370 e. The summed E-state index contributed by atoms with van der Waals surface area (Å²) in [6.45, 7) is 1.69. The molecule has 16 heavy (non-hydrogen) atoms. The minimum Gasteiger partial charge on any atom is -0.370 e. The van der Waals surface area contributed by atoms with Crippen LogP contribution in [-0.2, 0) is 14.3 Å². The highest BCUT2D eigenvalue weighted by molar-refractivity contribution is 9.09. The summed E-state index contributed by atoms with van der Waals surface area (Å²) >= 11 is 3.78. The summed E-state index contributed by atoms with van der Waals surface area (Å²) in [5, 5.41) is 0. The van der Waals surface area contributed by atoms with Gasteiger partial charge >= 0.3 is 0 Å². The molecule has 5 fully saturated rings. The van der Waals surface area contributed by atoms with E-state index in [4.69, 9.17) is 9.47 Å². The zero-order chi connectivity index (χ0) is 10.8. The van der Waals surface area contributed by atoms with Crippen molar-refractivity contribution >= 4 is 21.7 Å². The molecule has 2 saturated heterocycles. The van der Waals surface area contributed by atoms with E-state index >= 15 is 0 Å². The Morgan fingerprint density at radius 3 is 2.94 bits per heavy atom. The Bertz CT molecular complexity index is 424. The Hall–Kier alpha value is 0.0700. The molecular formula is C12H13BrO3. The van der Waals surface area contributed by atoms with Gasteiger partial charge in [0.15, 0.2) is 11.4 Å². The van der Waals surface area contributed by atoms with E-state index in [1.807, 2.05) is 0 Å². The maximum absolute atomic E-state index is 11.9. The quantitative estimate of drug-likeness (QED) is 0.535. The Kier molecular flexibility index (Phi) is 1.30. The van der Waals surface area contributed by atoms with Crippen LogP contribution in [-0.4, -0.2) is 34.5 Å². The van der Waals surface area contributed by atoms with Gasteiger partial charge in [0.1, 0.15) is 6.10 Å². The highest BCUT2D eigenvalue weighted by atomic mass is 79.9. The van der Waals surface area contributed by atoms with Crippen LogP contribution in [0.2, 0.25) is 0 Å². The lowest BCUT2D eigenvalue weighted by molar-refractivity contribution is -0.125. The number of alkyl halides is 1. The summed E-state index contributed by atoms with van der Waals surface area (Å²) < 4.78 is 11.9. The SMILES string of the molecule is CC(=O)[C@@]12O[C@@H]1[C@H]1O[C@H]3[C@H](Br)[C@@H]4C[C@H]3[C@H]1[C@@H]42. The molecular weight excluding hydrogens is 272 g/mol. The van der Waals surface area contributed by atoms with E-state index in [2.05, 4.69) is 15.9 Å². The fourth-order valence-electron chi connectivity index (χ4n) is 5.38. The predicted molar refractivity (Wildman–Crippen MR) is 58.2 cm³/mol. The van der Waals surface area contributed by atoms with Crippen molar-refractivity contribution in [3.05, 3.63) is 0 Å². The fraction of sp³-hybridized carbons (Fsp3) is 0.917. The van der Waals surface area contributed by atoms with Crippen LogP contribution < -0.4 is 0 Å². The van der Waals surface area contributed by atoms with Gasteiger partial charge in [-0.15, -0.1) is 0 Å². The molecule has 0 spiro atoms. The van der Waals surface area contributed by atoms with Crippen LogP contribution in [0.25, 0.3) is 0 Å². The molecule has 2 bridgehead atoms. The van der Waals surface area contributed by atoms with Gasteiger partial charge in [0.05, 0.1) is 12.2 Å². The summed E-state index contributed by atoms with van der Waals surface area (Å²) in [5.41, 5.74) is -0.438. The summed E-state index contributed by atoms with van der Waals surface area (Å²) in [4.78, 5) is 12.4. The lowest BCUT2D eigenvalue weighted by Gasteiger charge is -2.31. The van der Waals surface area contributed by atoms with Gasteiger partial charge in [0.2, 0.25) is 0 Å². The average Bonchev–Trinajstić information content (AvgIpc) is 2.57. The number of Topliss-reactive ketones (excluding diaryl/α,β-unsaturated/α-hetero) is 1. The molecule has 0 unspecified atom stereocenters. The first-order chi connectivity index (χ1) is 7.66. The second-order valence-corrected chi connectivity index (χ2v) is 7.12. The third-order valence-electron chi connectivity index (χ3n) is 5.78. The Morgan fingerprint density at radius 1 is 1.38 bits per heavy atom. The van der Waals surface area contributed by atoms with Crippen molar-refractivity contribution in [3.8, 4) is 0 Å². The zero-order valence-electron chi connectivity index (χ0n) is 8.93. The van der Waals surface area contributed by atoms with Crippen molar-refractivity contribution in [3.63, 3.8) is 0 Å². The van der Waals surface area contributed by atoms with E-state index in [1.165, 1.54) is 6.42 Å². The van der Waals surface area contributed by atoms with Crippen LogP contribution in [0, 0.1) is 23.7 Å². The fourth-order valence-corrected chi connectivity index (χ4v) is 6.44. The number of ketones is 1. The first kappa shape index (κ1) is 9.06. The Balaban J connectivity index is 1.70. The topological polar surface area (TPSA) is 38.8 Å². The van der Waals surface area contributed by atoms with Gasteiger partial charge in [0, 0.05) is 10.7 Å². The van der Waals surface area contributed by atoms with Crippen molar-refractivity contribution < 1.29 is 14.3 Å². The van der Waals surface area contributed by atoms with Crippen LogP contribution in [0.3, 0.4) is 0 Å². The molecule has 3 aliphatic carbocycles. The molecule has 9 atom stereocenters. The molecule has 0 aromatic rings. The number of halogens is 1. The molecule has 86 valence electrons. The molecule has 2 aliphatic heterocycles. The second-order valence-electron chi connectivity index (χ2n) is 6.06. The van der Waals surface area contributed by atoms with Gasteiger partial charge in [0.25, 0.3) is 0 Å². The minimum absolute atomic E-state index is 0.0929. The minimum atomic E-state index is -0.438. The molecule has 0 amide bonds. The first-order valence-corrected chi connectivity index (χ1v) is 7.06. The van der Waals surface area contributed by atoms with E-state index in [9.17, 15) is 4.79 Å². The van der Waals surface area contributed by atoms with Crippen LogP contribution in [0.1, 0.15) is 13.3 Å². The number of fused-ring (bicyclic) bond motifs is 5. The van der Waals surface area contributed by atoms with E-state index in [-0.39, 0.29) is 18.0 Å². The van der Waals surface area contributed by atoms with E-state index in [0.717, 1.165) is 0 Å². The van der Waals surface area contributed by atoms with Crippen molar-refractivity contribution in [2.45, 2.75) is 42.1 Å². The van der Waals surface area contributed by atoms with Gasteiger partial charge in [-0.3, -0.25) is 4.79 Å². The molecule has 0 aromatic heterocycles. The number of ether oxygens (including phenoxy) is 2. The summed E-state index contributed by atoms with van der Waals surface area (Å²) in [7, 11) is 0. The maximum atomic E-state index is 11.9. The van der Waals surface area contributed by atoms with Crippen molar-refractivity contribution in [1.29, 1.82) is 0 Å². The molecule has 0 aromatic carbocycles. The summed E-state index contributed by atoms with van der Waals surface area (Å²) in [5.74, 6) is 2.57. The standard InChI is InChI=1S/C12H13BrO3/c1-3(14)12-7-5-2-4-6(7)10(11(12)16-12)15-9(4)8(5)13/h4-11H,2H2,1H3/t4-,5+,6-,7+,8+,9+,10-,11+,12-/m0/s1. The average molecular weight is 285 g/mol. The number of hydrogen-bond acceptors (Lipinski definition) is 3. The summed E-state index contributed by atoms with van der Waals surface area (Å²) in [6, 6.07) is 0. The Labute approximate surface area is 102 Å². The first-order valence-electron chi connectivity index (χ1n) is 6.14. The molecule has 5 aliphatic rings. The molecule has 0 radical (unpaired) electrons. The van der Waals surface area contributed by atoms with Crippen LogP contribution in [0.15, 0.2) is 0 Å². The zero-order valence-corrected chi connectivity index (χ0v) is 10.5. The van der Waals surface area contributed by atoms with Crippen LogP contribution in [0.5, 0.6) is 0 Å². The van der Waals surface area contributed by atoms with E-state index in [0.29, 0.717) is 34.6 Å². The number of carbonyl (C=O) groups excluding carboxylic acids is 1. The molecule has 3 nitrogen and oxygen atoms in total.